The second-order valence-electron chi connectivity index (χ2n) is 4.22. The molecule has 1 heterocycles. The second kappa shape index (κ2) is 4.85. The van der Waals surface area contributed by atoms with E-state index in [0.29, 0.717) is 12.1 Å². The standard InChI is InChI=1S/C11H11ClFNO3S/c12-9-5-8(1-2-10(9)13)14-11(15)7-3-4-18(16,17)6-7/h1-2,5,7H,3-4,6H2,(H,14,15). The van der Waals surface area contributed by atoms with Crippen LogP contribution in [0.5, 0.6) is 0 Å². The zero-order valence-electron chi connectivity index (χ0n) is 9.32. The summed E-state index contributed by atoms with van der Waals surface area (Å²) in [5.74, 6) is -1.58. The van der Waals surface area contributed by atoms with Gasteiger partial charge in [0.05, 0.1) is 22.4 Å². The average molecular weight is 292 g/mol. The van der Waals surface area contributed by atoms with Crippen molar-refractivity contribution < 1.29 is 17.6 Å². The summed E-state index contributed by atoms with van der Waals surface area (Å²) in [6.45, 7) is 0. The first-order valence-corrected chi connectivity index (χ1v) is 7.54. The fourth-order valence-electron chi connectivity index (χ4n) is 1.82. The van der Waals surface area contributed by atoms with Crippen LogP contribution in [0.4, 0.5) is 10.1 Å². The van der Waals surface area contributed by atoms with Gasteiger partial charge >= 0.3 is 0 Å². The Kier molecular flexibility index (Phi) is 3.59. The van der Waals surface area contributed by atoms with Crippen LogP contribution in [0.25, 0.3) is 0 Å². The molecule has 0 bridgehead atoms. The van der Waals surface area contributed by atoms with E-state index in [-0.39, 0.29) is 22.4 Å². The normalized spacial score (nSPS) is 21.8. The Bertz CT molecular complexity index is 588. The highest BCUT2D eigenvalue weighted by molar-refractivity contribution is 7.91. The number of benzene rings is 1. The van der Waals surface area contributed by atoms with Gasteiger partial charge in [0.1, 0.15) is 5.82 Å². The summed E-state index contributed by atoms with van der Waals surface area (Å²) in [5.41, 5.74) is 0.357. The van der Waals surface area contributed by atoms with Crippen LogP contribution in [0.3, 0.4) is 0 Å². The molecule has 1 aliphatic heterocycles. The van der Waals surface area contributed by atoms with Crippen LogP contribution in [0, 0.1) is 11.7 Å². The van der Waals surface area contributed by atoms with Crippen LogP contribution in [-0.2, 0) is 14.6 Å². The average Bonchev–Trinajstić information content (AvgIpc) is 2.64. The van der Waals surface area contributed by atoms with Crippen molar-refractivity contribution in [2.45, 2.75) is 6.42 Å². The second-order valence-corrected chi connectivity index (χ2v) is 6.85. The third-order valence-corrected chi connectivity index (χ3v) is 4.85. The zero-order valence-corrected chi connectivity index (χ0v) is 10.9. The molecule has 1 saturated heterocycles. The van der Waals surface area contributed by atoms with E-state index in [4.69, 9.17) is 11.6 Å². The van der Waals surface area contributed by atoms with Gasteiger partial charge in [-0.15, -0.1) is 0 Å². The molecule has 18 heavy (non-hydrogen) atoms. The number of sulfone groups is 1. The molecule has 4 nitrogen and oxygen atoms in total. The molecule has 0 aromatic heterocycles. The number of halogens is 2. The van der Waals surface area contributed by atoms with E-state index in [9.17, 15) is 17.6 Å². The number of nitrogens with one attached hydrogen (secondary N) is 1. The SMILES string of the molecule is O=C(Nc1ccc(F)c(Cl)c1)C1CCS(=O)(=O)C1. The van der Waals surface area contributed by atoms with Gasteiger partial charge in [-0.3, -0.25) is 4.79 Å². The van der Waals surface area contributed by atoms with Crippen LogP contribution < -0.4 is 5.32 Å². The van der Waals surface area contributed by atoms with E-state index in [1.54, 1.807) is 0 Å². The van der Waals surface area contributed by atoms with Gasteiger partial charge in [0, 0.05) is 5.69 Å². The zero-order chi connectivity index (χ0) is 13.3. The quantitative estimate of drug-likeness (QED) is 0.904. The van der Waals surface area contributed by atoms with Gasteiger partial charge in [-0.25, -0.2) is 12.8 Å². The molecule has 1 fully saturated rings. The van der Waals surface area contributed by atoms with E-state index in [2.05, 4.69) is 5.32 Å². The molecule has 0 aliphatic carbocycles. The fraction of sp³-hybridized carbons (Fsp3) is 0.364. The van der Waals surface area contributed by atoms with E-state index in [1.165, 1.54) is 12.1 Å². The lowest BCUT2D eigenvalue weighted by Gasteiger charge is -2.09. The van der Waals surface area contributed by atoms with Gasteiger partial charge in [-0.1, -0.05) is 11.6 Å². The van der Waals surface area contributed by atoms with Gasteiger partial charge in [0.2, 0.25) is 5.91 Å². The molecular weight excluding hydrogens is 281 g/mol. The maximum absolute atomic E-state index is 12.9. The molecule has 1 unspecified atom stereocenters. The molecule has 1 atom stereocenters. The molecule has 1 N–H and O–H groups in total. The summed E-state index contributed by atoms with van der Waals surface area (Å²) < 4.78 is 35.4. The number of hydrogen-bond acceptors (Lipinski definition) is 3. The Morgan fingerprint density at radius 2 is 2.17 bits per heavy atom. The molecule has 2 rings (SSSR count). The maximum atomic E-state index is 12.9. The third kappa shape index (κ3) is 3.00. The molecule has 1 amide bonds. The van der Waals surface area contributed by atoms with Gasteiger partial charge < -0.3 is 5.32 Å². The lowest BCUT2D eigenvalue weighted by molar-refractivity contribution is -0.119. The van der Waals surface area contributed by atoms with E-state index < -0.39 is 21.6 Å². The van der Waals surface area contributed by atoms with Crippen molar-refractivity contribution in [2.75, 3.05) is 16.8 Å². The lowest BCUT2D eigenvalue weighted by atomic mass is 10.1. The summed E-state index contributed by atoms with van der Waals surface area (Å²) in [6, 6.07) is 3.81. The smallest absolute Gasteiger partial charge is 0.228 e. The highest BCUT2D eigenvalue weighted by Crippen LogP contribution is 2.23. The van der Waals surface area contributed by atoms with Gasteiger partial charge in [-0.05, 0) is 24.6 Å². The van der Waals surface area contributed by atoms with Crippen molar-refractivity contribution in [2.24, 2.45) is 5.92 Å². The highest BCUT2D eigenvalue weighted by atomic mass is 35.5. The number of carbonyl (C=O) groups is 1. The van der Waals surface area contributed by atoms with Crippen LogP contribution in [0.2, 0.25) is 5.02 Å². The van der Waals surface area contributed by atoms with Crippen LogP contribution >= 0.6 is 11.6 Å². The monoisotopic (exact) mass is 291 g/mol. The topological polar surface area (TPSA) is 63.2 Å². The number of anilines is 1. The van der Waals surface area contributed by atoms with Crippen molar-refractivity contribution in [3.63, 3.8) is 0 Å². The minimum Gasteiger partial charge on any atom is -0.326 e. The molecule has 0 saturated carbocycles. The van der Waals surface area contributed by atoms with Crippen molar-refractivity contribution in [1.29, 1.82) is 0 Å². The molecule has 1 aromatic carbocycles. The van der Waals surface area contributed by atoms with Crippen molar-refractivity contribution >= 4 is 33.0 Å². The predicted molar refractivity (Wildman–Crippen MR) is 66.8 cm³/mol. The predicted octanol–water partition coefficient (Wildman–Crippen LogP) is 1.85. The third-order valence-electron chi connectivity index (χ3n) is 2.79. The van der Waals surface area contributed by atoms with E-state index in [1.807, 2.05) is 0 Å². The molecule has 98 valence electrons. The molecule has 1 aliphatic rings. The van der Waals surface area contributed by atoms with E-state index in [0.717, 1.165) is 6.07 Å². The van der Waals surface area contributed by atoms with Crippen molar-refractivity contribution in [1.82, 2.24) is 0 Å². The summed E-state index contributed by atoms with van der Waals surface area (Å²) in [7, 11) is -3.09. The van der Waals surface area contributed by atoms with Gasteiger partial charge in [0.25, 0.3) is 0 Å². The minimum atomic E-state index is -3.09. The van der Waals surface area contributed by atoms with E-state index >= 15 is 0 Å². The largest absolute Gasteiger partial charge is 0.326 e. The van der Waals surface area contributed by atoms with Gasteiger partial charge in [0.15, 0.2) is 9.84 Å². The van der Waals surface area contributed by atoms with Crippen LogP contribution in [0.1, 0.15) is 6.42 Å². The Morgan fingerprint density at radius 1 is 1.44 bits per heavy atom. The molecule has 0 radical (unpaired) electrons. The highest BCUT2D eigenvalue weighted by Gasteiger charge is 2.32. The van der Waals surface area contributed by atoms with Crippen LogP contribution in [0.15, 0.2) is 18.2 Å². The molecule has 7 heteroatoms. The summed E-state index contributed by atoms with van der Waals surface area (Å²) >= 11 is 5.58. The Labute approximate surface area is 109 Å². The summed E-state index contributed by atoms with van der Waals surface area (Å²) in [5, 5.41) is 2.44. The number of amides is 1. The molecule has 1 aromatic rings. The number of rotatable bonds is 2. The number of hydrogen-bond donors (Lipinski definition) is 1. The molecular formula is C11H11ClFNO3S. The summed E-state index contributed by atoms with van der Waals surface area (Å²) in [6.07, 6.45) is 0.323. The van der Waals surface area contributed by atoms with Crippen molar-refractivity contribution in [3.05, 3.63) is 29.0 Å². The van der Waals surface area contributed by atoms with Crippen molar-refractivity contribution in [3.8, 4) is 0 Å². The minimum absolute atomic E-state index is 0.0370. The summed E-state index contributed by atoms with van der Waals surface area (Å²) in [4.78, 5) is 11.8. The first kappa shape index (κ1) is 13.3. The van der Waals surface area contributed by atoms with Crippen LogP contribution in [-0.4, -0.2) is 25.8 Å². The maximum Gasteiger partial charge on any atom is 0.228 e. The number of carbonyl (C=O) groups excluding carboxylic acids is 1. The molecule has 0 spiro atoms. The Hall–Kier alpha value is -1.14. The Balaban J connectivity index is 2.06. The first-order chi connectivity index (χ1) is 8.37. The van der Waals surface area contributed by atoms with Gasteiger partial charge in [-0.2, -0.15) is 0 Å². The lowest BCUT2D eigenvalue weighted by Crippen LogP contribution is -2.23. The first-order valence-electron chi connectivity index (χ1n) is 5.34. The fourth-order valence-corrected chi connectivity index (χ4v) is 3.74. The Morgan fingerprint density at radius 3 is 2.72 bits per heavy atom.